The number of nitrogens with two attached hydrogens (primary N) is 7. The van der Waals surface area contributed by atoms with Crippen LogP contribution >= 0.6 is 0 Å². The summed E-state index contributed by atoms with van der Waals surface area (Å²) in [4.78, 5) is 75.0. The summed E-state index contributed by atoms with van der Waals surface area (Å²) in [6.07, 6.45) is 13.8. The van der Waals surface area contributed by atoms with Crippen LogP contribution in [0.4, 0.5) is 56.8 Å². The fraction of sp³-hybridized carbons (Fsp3) is 0.393. The third kappa shape index (κ3) is 28.1. The summed E-state index contributed by atoms with van der Waals surface area (Å²) in [5.74, 6) is 15.1. The Morgan fingerprint density at radius 1 is 0.320 bits per heavy atom. The number of anilines is 9. The normalized spacial score (nSPS) is 10.8. The number of aromatic nitrogens is 18. The van der Waals surface area contributed by atoms with Gasteiger partial charge in [0.2, 0.25) is 23.6 Å². The molecule has 0 aliphatic heterocycles. The molecule has 0 spiro atoms. The molecule has 39 heteroatoms. The van der Waals surface area contributed by atoms with Crippen LogP contribution in [0.3, 0.4) is 0 Å². The highest BCUT2D eigenvalue weighted by atomic mass is 19.1. The highest BCUT2D eigenvalue weighted by molar-refractivity contribution is 5.59. The van der Waals surface area contributed by atoms with Gasteiger partial charge in [0.1, 0.15) is 86.9 Å². The number of halogens is 1. The fourth-order valence-corrected chi connectivity index (χ4v) is 12.1. The molecule has 0 unspecified atom stereocenters. The van der Waals surface area contributed by atoms with E-state index < -0.39 is 5.95 Å². The first-order valence-corrected chi connectivity index (χ1v) is 41.2. The Labute approximate surface area is 747 Å². The highest BCUT2D eigenvalue weighted by Crippen LogP contribution is 2.44. The molecule has 12 rings (SSSR count). The van der Waals surface area contributed by atoms with Crippen LogP contribution in [0.15, 0.2) is 86.0 Å². The first-order chi connectivity index (χ1) is 60.8. The van der Waals surface area contributed by atoms with Gasteiger partial charge in [-0.25, -0.2) is 69.8 Å². The average molecular weight is 1760 g/mol. The maximum absolute atomic E-state index is 14.1. The summed E-state index contributed by atoms with van der Waals surface area (Å²) in [6.45, 7) is 38.2. The van der Waals surface area contributed by atoms with Gasteiger partial charge >= 0.3 is 0 Å². The second-order valence-corrected chi connectivity index (χ2v) is 30.4. The van der Waals surface area contributed by atoms with E-state index in [0.717, 1.165) is 68.6 Å². The summed E-state index contributed by atoms with van der Waals surface area (Å²) in [6, 6.07) is 10.7. The highest BCUT2D eigenvalue weighted by Gasteiger charge is 2.26. The van der Waals surface area contributed by atoms with Gasteiger partial charge in [-0.2, -0.15) is 14.4 Å². The van der Waals surface area contributed by atoms with Gasteiger partial charge in [0.05, 0.1) is 86.6 Å². The molecular formula is C89H122FN29O9. The van der Waals surface area contributed by atoms with E-state index >= 15 is 0 Å². The zero-order chi connectivity index (χ0) is 94.5. The van der Waals surface area contributed by atoms with E-state index in [0.29, 0.717) is 164 Å². The first kappa shape index (κ1) is 101. The van der Waals surface area contributed by atoms with Gasteiger partial charge < -0.3 is 104 Å². The van der Waals surface area contributed by atoms with Gasteiger partial charge in [-0.3, -0.25) is 9.97 Å². The average Bonchev–Trinajstić information content (AvgIpc) is 0.802. The number of nitrogen functional groups attached to an aromatic ring is 6. The van der Waals surface area contributed by atoms with Crippen molar-refractivity contribution in [2.24, 2.45) is 5.73 Å². The second kappa shape index (κ2) is 47.6. The number of hydrogen-bond donors (Lipinski definition) is 11. The maximum Gasteiger partial charge on any atom is 0.223 e. The molecule has 0 atom stereocenters. The van der Waals surface area contributed by atoms with E-state index in [1.54, 1.807) is 125 Å². The van der Waals surface area contributed by atoms with Gasteiger partial charge in [0, 0.05) is 105 Å². The number of aryl methyl sites for hydroxylation is 7. The van der Waals surface area contributed by atoms with Crippen molar-refractivity contribution in [1.29, 1.82) is 0 Å². The fourth-order valence-electron chi connectivity index (χ4n) is 12.1. The van der Waals surface area contributed by atoms with E-state index in [1.165, 1.54) is 13.3 Å². The Morgan fingerprint density at radius 2 is 0.617 bits per heavy atom. The number of pyridine rings is 6. The number of ether oxygens (including phenoxy) is 9. The molecule has 12 aromatic rings. The predicted molar refractivity (Wildman–Crippen MR) is 496 cm³/mol. The van der Waals surface area contributed by atoms with Crippen LogP contribution in [-0.4, -0.2) is 139 Å². The second-order valence-electron chi connectivity index (χ2n) is 30.4. The topological polar surface area (TPSA) is 545 Å². The summed E-state index contributed by atoms with van der Waals surface area (Å²) < 4.78 is 65.4. The van der Waals surface area contributed by atoms with Gasteiger partial charge in [-0.05, 0) is 90.5 Å². The molecule has 0 amide bonds. The largest absolute Gasteiger partial charge is 0.481 e. The minimum absolute atomic E-state index is 0.0917. The van der Waals surface area contributed by atoms with Crippen LogP contribution in [0.5, 0.6) is 86.6 Å². The maximum atomic E-state index is 14.1. The molecule has 12 heterocycles. The SMILES string of the molecule is CCc1nc(NC)cc(Oc2cnc(C)nc2N)c1C(C)C.CNCc1cc(Oc2cnc(C)nc2N)c(C(C)C)cn1.CNc1cc(Oc2cnc(C)nc2N)c(C(C)C)c(F)n1.CNc1cc(Oc2cnc(C)nc2N)c(C(C)C)c(OC)n1.COc1cc(Oc2cnc(C)nc2N)c(C(C)C)c(OC)n1.Cc1ncc(Oc2cc(CN)ncc2C(C)C)c(N)n1. The third-order valence-electron chi connectivity index (χ3n) is 18.5. The summed E-state index contributed by atoms with van der Waals surface area (Å²) >= 11 is 0. The van der Waals surface area contributed by atoms with Crippen LogP contribution in [0.1, 0.15) is 211 Å². The van der Waals surface area contributed by atoms with Crippen molar-refractivity contribution in [1.82, 2.24) is 95.0 Å². The molecule has 0 aliphatic carbocycles. The predicted octanol–water partition coefficient (Wildman–Crippen LogP) is 16.1. The molecule has 0 aromatic carbocycles. The van der Waals surface area contributed by atoms with E-state index in [2.05, 4.69) is 159 Å². The molecule has 0 radical (unpaired) electrons. The lowest BCUT2D eigenvalue weighted by Crippen LogP contribution is -2.08. The Hall–Kier alpha value is -14.4. The molecule has 0 saturated heterocycles. The summed E-state index contributed by atoms with van der Waals surface area (Å²) in [5.41, 5.74) is 48.7. The van der Waals surface area contributed by atoms with Crippen molar-refractivity contribution < 1.29 is 47.0 Å². The van der Waals surface area contributed by atoms with Gasteiger partial charge in [0.15, 0.2) is 69.4 Å². The number of nitrogens with one attached hydrogen (secondary N) is 4. The monoisotopic (exact) mass is 1760 g/mol. The van der Waals surface area contributed by atoms with Crippen molar-refractivity contribution in [3.05, 3.63) is 177 Å². The molecule has 0 fully saturated rings. The van der Waals surface area contributed by atoms with Crippen molar-refractivity contribution in [2.45, 2.75) is 187 Å². The quantitative estimate of drug-likeness (QED) is 0.0203. The minimum atomic E-state index is -0.571. The Bertz CT molecular complexity index is 5420. The van der Waals surface area contributed by atoms with Crippen molar-refractivity contribution in [3.8, 4) is 86.6 Å². The van der Waals surface area contributed by atoms with E-state index in [-0.39, 0.29) is 47.0 Å². The van der Waals surface area contributed by atoms with Crippen LogP contribution in [0, 0.1) is 47.5 Å². The van der Waals surface area contributed by atoms with Gasteiger partial charge in [-0.1, -0.05) is 90.0 Å². The lowest BCUT2D eigenvalue weighted by atomic mass is 9.98. The Kier molecular flexibility index (Phi) is 37.5. The lowest BCUT2D eigenvalue weighted by Gasteiger charge is -2.18. The standard InChI is InChI=1S/C16H23N5O.C15H21N5O2.C15H21N5O.C15H20N4O3.C14H18FN5O.C14H19N5O/c1-6-11-15(9(2)3)12(7-14(18-5)21-11)22-13-8-19-10(4)20-16(13)17;1-8(2)13-10(6-12(17-4)20-15(13)21-5)22-11-7-18-9(3)19-14(11)16;1-9(2)12-7-19-11(6-17-4)5-13(12)21-14-8-18-10(3)20-15(14)16;1-8(2)13-10(6-12(20-4)19-15(13)21-5)22-11-7-17-9(3)18-14(11)16;1-7(2)12-9(5-11(17-4)20-13(12)15)21-10-6-18-8(3)19-14(10)16;1-8(2)11-6-18-10(5-15)4-12(11)20-13-7-17-9(3)19-14(13)16/h7-9H,6H2,1-5H3,(H,18,21)(H2,17,19,20);6-8H,1-5H3,(H,17,20)(H2,16,18,19);5,7-9,17H,6H2,1-4H3,(H2,16,18,20);6-8H,1-5H3,(H2,16,17,18);5-7H,1-4H3,(H,17,20)(H2,16,18,19);4,6-8H,5,15H2,1-3H3,(H2,16,17,19). The number of rotatable bonds is 28. The van der Waals surface area contributed by atoms with Crippen LogP contribution in [-0.2, 0) is 19.5 Å². The van der Waals surface area contributed by atoms with E-state index in [9.17, 15) is 4.39 Å². The molecule has 0 aliphatic rings. The molecule has 684 valence electrons. The molecule has 0 saturated carbocycles. The van der Waals surface area contributed by atoms with Crippen LogP contribution in [0.25, 0.3) is 0 Å². The van der Waals surface area contributed by atoms with Gasteiger partial charge in [0.25, 0.3) is 0 Å². The Morgan fingerprint density at radius 3 is 0.914 bits per heavy atom. The zero-order valence-electron chi connectivity index (χ0n) is 77.8. The Balaban J connectivity index is 0.000000210. The van der Waals surface area contributed by atoms with E-state index in [4.69, 9.17) is 82.8 Å². The molecule has 12 aromatic heterocycles. The first-order valence-electron chi connectivity index (χ1n) is 41.2. The van der Waals surface area contributed by atoms with E-state index in [1.807, 2.05) is 80.0 Å². The molecule has 128 heavy (non-hydrogen) atoms. The van der Waals surface area contributed by atoms with Gasteiger partial charge in [-0.15, -0.1) is 0 Å². The molecule has 18 N–H and O–H groups in total. The third-order valence-corrected chi connectivity index (χ3v) is 18.5. The van der Waals surface area contributed by atoms with Crippen molar-refractivity contribution in [2.75, 3.05) is 99.9 Å². The minimum Gasteiger partial charge on any atom is -0.481 e. The number of hydrogen-bond acceptors (Lipinski definition) is 38. The van der Waals surface area contributed by atoms with Crippen molar-refractivity contribution >= 4 is 52.4 Å². The molecule has 38 nitrogen and oxygen atoms in total. The molecular weight excluding hydrogens is 1640 g/mol. The number of methoxy groups -OCH3 is 3. The van der Waals surface area contributed by atoms with Crippen LogP contribution < -0.4 is 104 Å². The summed E-state index contributed by atoms with van der Waals surface area (Å²) in [7, 11) is 11.8. The van der Waals surface area contributed by atoms with Crippen molar-refractivity contribution in [3.63, 3.8) is 0 Å². The smallest absolute Gasteiger partial charge is 0.223 e. The number of nitrogens with zero attached hydrogens (tertiary/aromatic N) is 18. The molecule has 0 bridgehead atoms. The lowest BCUT2D eigenvalue weighted by molar-refractivity contribution is 0.351. The summed E-state index contributed by atoms with van der Waals surface area (Å²) in [5, 5.41) is 11.9. The van der Waals surface area contributed by atoms with Crippen LogP contribution in [0.2, 0.25) is 0 Å². The zero-order valence-corrected chi connectivity index (χ0v) is 77.8.